The van der Waals surface area contributed by atoms with Crippen LogP contribution in [0.4, 0.5) is 5.95 Å². The fourth-order valence-electron chi connectivity index (χ4n) is 4.00. The van der Waals surface area contributed by atoms with Crippen LogP contribution in [-0.2, 0) is 20.8 Å². The molecule has 0 unspecified atom stereocenters. The van der Waals surface area contributed by atoms with Gasteiger partial charge in [-0.05, 0) is 48.7 Å². The Morgan fingerprint density at radius 3 is 2.27 bits per heavy atom. The third-order valence-corrected chi connectivity index (χ3v) is 6.30. The fraction of sp³-hybridized carbons (Fsp3) is 0.310. The molecule has 2 aliphatic rings. The van der Waals surface area contributed by atoms with E-state index in [0.29, 0.717) is 5.69 Å². The Morgan fingerprint density at radius 2 is 1.65 bits per heavy atom. The molecule has 37 heavy (non-hydrogen) atoms. The first-order valence-electron chi connectivity index (χ1n) is 12.4. The van der Waals surface area contributed by atoms with Crippen LogP contribution in [0.1, 0.15) is 40.0 Å². The number of amides is 1. The van der Waals surface area contributed by atoms with Crippen LogP contribution in [0.5, 0.6) is 0 Å². The van der Waals surface area contributed by atoms with Crippen molar-refractivity contribution in [1.29, 1.82) is 0 Å². The molecule has 1 aromatic heterocycles. The highest BCUT2D eigenvalue weighted by Crippen LogP contribution is 2.30. The Balaban J connectivity index is 1.28. The van der Waals surface area contributed by atoms with Crippen molar-refractivity contribution in [2.24, 2.45) is 5.92 Å². The zero-order chi connectivity index (χ0) is 25.6. The smallest absolute Gasteiger partial charge is 0.356 e. The molecule has 0 radical (unpaired) electrons. The summed E-state index contributed by atoms with van der Waals surface area (Å²) in [5.41, 5.74) is 4.43. The molecule has 2 aromatic carbocycles. The number of methoxy groups -OCH3 is 1. The van der Waals surface area contributed by atoms with E-state index in [-0.39, 0.29) is 23.5 Å². The summed E-state index contributed by atoms with van der Waals surface area (Å²) in [6, 6.07) is 17.4. The number of morpholine rings is 1. The van der Waals surface area contributed by atoms with Crippen molar-refractivity contribution >= 4 is 17.8 Å². The monoisotopic (exact) mass is 496 g/mol. The lowest BCUT2D eigenvalue weighted by atomic mass is 10.1. The van der Waals surface area contributed by atoms with Crippen LogP contribution < -0.4 is 5.32 Å². The number of carbonyl (C=O) groups excluding carboxylic acids is 2. The van der Waals surface area contributed by atoms with Gasteiger partial charge >= 0.3 is 5.97 Å². The van der Waals surface area contributed by atoms with Crippen molar-refractivity contribution in [1.82, 2.24) is 14.9 Å². The van der Waals surface area contributed by atoms with Crippen LogP contribution in [0, 0.1) is 17.8 Å². The number of aromatic nitrogens is 2. The summed E-state index contributed by atoms with van der Waals surface area (Å²) in [6.07, 6.45) is 1.72. The van der Waals surface area contributed by atoms with E-state index in [1.807, 2.05) is 36.4 Å². The average Bonchev–Trinajstić information content (AvgIpc) is 3.79. The zero-order valence-electron chi connectivity index (χ0n) is 20.7. The van der Waals surface area contributed by atoms with Gasteiger partial charge in [0.1, 0.15) is 0 Å². The highest BCUT2D eigenvalue weighted by molar-refractivity contribution is 5.94. The number of benzene rings is 2. The van der Waals surface area contributed by atoms with Crippen molar-refractivity contribution < 1.29 is 19.1 Å². The maximum Gasteiger partial charge on any atom is 0.356 e. The Morgan fingerprint density at radius 1 is 1.00 bits per heavy atom. The molecular formula is C29H28N4O4. The van der Waals surface area contributed by atoms with Crippen LogP contribution in [0.15, 0.2) is 54.6 Å². The SMILES string of the molecule is COC(=O)c1cc(-c2ccc(C#Cc3ccc(CN4CCOCC4)cc3)cc2)nc(NC(=O)C2CC2)n1. The molecule has 1 aliphatic carbocycles. The molecule has 0 bridgehead atoms. The number of anilines is 1. The second kappa shape index (κ2) is 11.3. The lowest BCUT2D eigenvalue weighted by Gasteiger charge is -2.26. The lowest BCUT2D eigenvalue weighted by Crippen LogP contribution is -2.35. The normalized spacial score (nSPS) is 15.4. The van der Waals surface area contributed by atoms with E-state index in [1.54, 1.807) is 6.07 Å². The fourth-order valence-corrected chi connectivity index (χ4v) is 4.00. The van der Waals surface area contributed by atoms with Gasteiger partial charge in [-0.15, -0.1) is 0 Å². The van der Waals surface area contributed by atoms with E-state index in [1.165, 1.54) is 12.7 Å². The van der Waals surface area contributed by atoms with E-state index in [4.69, 9.17) is 9.47 Å². The van der Waals surface area contributed by atoms with Gasteiger partial charge in [0.05, 0.1) is 26.0 Å². The van der Waals surface area contributed by atoms with Gasteiger partial charge in [0.15, 0.2) is 5.69 Å². The molecule has 1 N–H and O–H groups in total. The Kier molecular flexibility index (Phi) is 7.54. The van der Waals surface area contributed by atoms with E-state index in [0.717, 1.165) is 62.4 Å². The van der Waals surface area contributed by atoms with E-state index < -0.39 is 5.97 Å². The number of nitrogens with one attached hydrogen (secondary N) is 1. The molecular weight excluding hydrogens is 468 g/mol. The van der Waals surface area contributed by atoms with Gasteiger partial charge in [-0.3, -0.25) is 15.0 Å². The zero-order valence-corrected chi connectivity index (χ0v) is 20.7. The van der Waals surface area contributed by atoms with Gasteiger partial charge < -0.3 is 9.47 Å². The summed E-state index contributed by atoms with van der Waals surface area (Å²) >= 11 is 0. The number of hydrogen-bond donors (Lipinski definition) is 1. The van der Waals surface area contributed by atoms with Gasteiger partial charge in [0.25, 0.3) is 0 Å². The predicted molar refractivity (Wildman–Crippen MR) is 139 cm³/mol. The molecule has 1 saturated carbocycles. The van der Waals surface area contributed by atoms with Crippen LogP contribution in [0.25, 0.3) is 11.3 Å². The molecule has 0 atom stereocenters. The molecule has 5 rings (SSSR count). The van der Waals surface area contributed by atoms with Crippen LogP contribution >= 0.6 is 0 Å². The maximum absolute atomic E-state index is 12.2. The molecule has 2 fully saturated rings. The van der Waals surface area contributed by atoms with E-state index in [2.05, 4.69) is 44.2 Å². The van der Waals surface area contributed by atoms with Crippen molar-refractivity contribution in [3.05, 3.63) is 77.0 Å². The average molecular weight is 497 g/mol. The first kappa shape index (κ1) is 24.6. The van der Waals surface area contributed by atoms with Crippen molar-refractivity contribution in [3.63, 3.8) is 0 Å². The molecule has 2 heterocycles. The predicted octanol–water partition coefficient (Wildman–Crippen LogP) is 3.51. The van der Waals surface area contributed by atoms with Crippen LogP contribution in [0.3, 0.4) is 0 Å². The minimum atomic E-state index is -0.593. The molecule has 1 saturated heterocycles. The summed E-state index contributed by atoms with van der Waals surface area (Å²) in [4.78, 5) is 35.3. The van der Waals surface area contributed by atoms with Gasteiger partial charge in [0.2, 0.25) is 11.9 Å². The maximum atomic E-state index is 12.2. The third-order valence-electron chi connectivity index (χ3n) is 6.30. The minimum absolute atomic E-state index is 0.00679. The highest BCUT2D eigenvalue weighted by Gasteiger charge is 2.30. The number of esters is 1. The van der Waals surface area contributed by atoms with Crippen molar-refractivity contribution in [2.45, 2.75) is 19.4 Å². The third kappa shape index (κ3) is 6.58. The summed E-state index contributed by atoms with van der Waals surface area (Å²) < 4.78 is 10.2. The Bertz CT molecular complexity index is 1330. The standard InChI is InChI=1S/C29H28N4O4/c1-36-28(35)26-18-25(30-29(31-26)32-27(34)24-12-13-24)23-10-8-21(9-11-23)3-2-20-4-6-22(7-5-20)19-33-14-16-37-17-15-33/h4-11,18,24H,12-17,19H2,1H3,(H,30,31,32,34). The number of nitrogens with zero attached hydrogens (tertiary/aromatic N) is 3. The molecule has 8 nitrogen and oxygen atoms in total. The largest absolute Gasteiger partial charge is 0.464 e. The summed E-state index contributed by atoms with van der Waals surface area (Å²) in [5.74, 6) is 5.77. The topological polar surface area (TPSA) is 93.6 Å². The number of carbonyl (C=O) groups is 2. The molecule has 188 valence electrons. The summed E-state index contributed by atoms with van der Waals surface area (Å²) in [7, 11) is 1.29. The van der Waals surface area contributed by atoms with E-state index >= 15 is 0 Å². The van der Waals surface area contributed by atoms with Crippen LogP contribution in [-0.4, -0.2) is 60.2 Å². The van der Waals surface area contributed by atoms with Crippen molar-refractivity contribution in [3.8, 4) is 23.1 Å². The second-order valence-corrected chi connectivity index (χ2v) is 9.13. The van der Waals surface area contributed by atoms with Crippen LogP contribution in [0.2, 0.25) is 0 Å². The number of rotatable bonds is 6. The minimum Gasteiger partial charge on any atom is -0.464 e. The van der Waals surface area contributed by atoms with E-state index in [9.17, 15) is 9.59 Å². The number of ether oxygens (including phenoxy) is 2. The Labute approximate surface area is 216 Å². The first-order valence-corrected chi connectivity index (χ1v) is 12.4. The van der Waals surface area contributed by atoms with Gasteiger partial charge in [-0.2, -0.15) is 0 Å². The molecule has 1 amide bonds. The molecule has 0 spiro atoms. The number of hydrogen-bond acceptors (Lipinski definition) is 7. The molecule has 3 aromatic rings. The Hall–Kier alpha value is -4.06. The van der Waals surface area contributed by atoms with Crippen molar-refractivity contribution in [2.75, 3.05) is 38.7 Å². The lowest BCUT2D eigenvalue weighted by molar-refractivity contribution is -0.117. The quantitative estimate of drug-likeness (QED) is 0.412. The van der Waals surface area contributed by atoms with Gasteiger partial charge in [-0.25, -0.2) is 14.8 Å². The van der Waals surface area contributed by atoms with Gasteiger partial charge in [-0.1, -0.05) is 36.1 Å². The first-order chi connectivity index (χ1) is 18.1. The summed E-state index contributed by atoms with van der Waals surface area (Å²) in [6.45, 7) is 4.44. The van der Waals surface area contributed by atoms with Gasteiger partial charge in [0, 0.05) is 42.2 Å². The highest BCUT2D eigenvalue weighted by atomic mass is 16.5. The molecule has 1 aliphatic heterocycles. The second-order valence-electron chi connectivity index (χ2n) is 9.13. The molecule has 8 heteroatoms. The summed E-state index contributed by atoms with van der Waals surface area (Å²) in [5, 5.41) is 2.71.